The zero-order valence-electron chi connectivity index (χ0n) is 12.6. The molecule has 0 radical (unpaired) electrons. The van der Waals surface area contributed by atoms with Gasteiger partial charge >= 0.3 is 0 Å². The molecule has 0 spiro atoms. The van der Waals surface area contributed by atoms with Gasteiger partial charge in [-0.05, 0) is 35.4 Å². The molecule has 0 unspecified atom stereocenters. The maximum absolute atomic E-state index is 12.0. The fourth-order valence-electron chi connectivity index (χ4n) is 2.08. The molecule has 2 N–H and O–H groups in total. The van der Waals surface area contributed by atoms with Crippen LogP contribution in [0.2, 0.25) is 5.02 Å². The molecule has 5 heteroatoms. The smallest absolute Gasteiger partial charge is 0.253 e. The van der Waals surface area contributed by atoms with Crippen LogP contribution in [0.3, 0.4) is 0 Å². The predicted octanol–water partition coefficient (Wildman–Crippen LogP) is 3.15. The van der Waals surface area contributed by atoms with Crippen LogP contribution in [0.25, 0.3) is 0 Å². The number of nitrogens with zero attached hydrogens (tertiary/aromatic N) is 1. The van der Waals surface area contributed by atoms with E-state index in [1.165, 1.54) is 0 Å². The molecule has 0 heterocycles. The van der Waals surface area contributed by atoms with Crippen molar-refractivity contribution in [2.75, 3.05) is 19.4 Å². The molecule has 116 valence electrons. The lowest BCUT2D eigenvalue weighted by Crippen LogP contribution is -2.21. The van der Waals surface area contributed by atoms with E-state index >= 15 is 0 Å². The summed E-state index contributed by atoms with van der Waals surface area (Å²) >= 11 is 6.14. The largest absolute Gasteiger partial charge is 0.392 e. The lowest BCUT2D eigenvalue weighted by Gasteiger charge is -2.13. The molecule has 2 rings (SSSR count). The zero-order valence-corrected chi connectivity index (χ0v) is 13.4. The van der Waals surface area contributed by atoms with Crippen LogP contribution in [0.15, 0.2) is 42.5 Å². The normalized spacial score (nSPS) is 10.4. The third kappa shape index (κ3) is 4.00. The second-order valence-corrected chi connectivity index (χ2v) is 5.63. The average Bonchev–Trinajstić information content (AvgIpc) is 2.53. The number of anilines is 1. The van der Waals surface area contributed by atoms with E-state index in [-0.39, 0.29) is 12.5 Å². The van der Waals surface area contributed by atoms with Crippen LogP contribution in [0.5, 0.6) is 0 Å². The highest BCUT2D eigenvalue weighted by Crippen LogP contribution is 2.23. The van der Waals surface area contributed by atoms with Gasteiger partial charge in [-0.3, -0.25) is 4.79 Å². The highest BCUT2D eigenvalue weighted by molar-refractivity contribution is 6.33. The number of carbonyl (C=O) groups excluding carboxylic acids is 1. The molecule has 0 saturated heterocycles. The molecule has 0 aromatic heterocycles. The van der Waals surface area contributed by atoms with Gasteiger partial charge < -0.3 is 15.3 Å². The van der Waals surface area contributed by atoms with Gasteiger partial charge in [-0.25, -0.2) is 0 Å². The number of carbonyl (C=O) groups is 1. The van der Waals surface area contributed by atoms with E-state index in [0.29, 0.717) is 17.1 Å². The summed E-state index contributed by atoms with van der Waals surface area (Å²) in [4.78, 5) is 13.5. The number of aliphatic hydroxyl groups is 1. The molecule has 4 nitrogen and oxygen atoms in total. The van der Waals surface area contributed by atoms with Gasteiger partial charge in [0.25, 0.3) is 5.91 Å². The molecule has 22 heavy (non-hydrogen) atoms. The minimum absolute atomic E-state index is 0.0258. The van der Waals surface area contributed by atoms with E-state index in [1.54, 1.807) is 37.2 Å². The monoisotopic (exact) mass is 318 g/mol. The first-order chi connectivity index (χ1) is 10.5. The van der Waals surface area contributed by atoms with Crippen LogP contribution in [-0.2, 0) is 13.2 Å². The van der Waals surface area contributed by atoms with Gasteiger partial charge in [0, 0.05) is 26.2 Å². The molecule has 1 amide bonds. The van der Waals surface area contributed by atoms with Crippen molar-refractivity contribution in [2.24, 2.45) is 0 Å². The molecular weight excluding hydrogens is 300 g/mol. The van der Waals surface area contributed by atoms with Gasteiger partial charge in [-0.1, -0.05) is 29.8 Å². The zero-order chi connectivity index (χ0) is 16.1. The number of benzene rings is 2. The molecular formula is C17H19ClN2O2. The van der Waals surface area contributed by atoms with E-state index in [9.17, 15) is 9.90 Å². The predicted molar refractivity (Wildman–Crippen MR) is 89.2 cm³/mol. The van der Waals surface area contributed by atoms with Gasteiger partial charge in [0.1, 0.15) is 0 Å². The third-order valence-corrected chi connectivity index (χ3v) is 3.61. The van der Waals surface area contributed by atoms with Crippen LogP contribution in [0.1, 0.15) is 21.5 Å². The Morgan fingerprint density at radius 2 is 1.95 bits per heavy atom. The molecule has 2 aromatic carbocycles. The number of hydrogen-bond donors (Lipinski definition) is 2. The van der Waals surface area contributed by atoms with Crippen molar-refractivity contribution in [3.8, 4) is 0 Å². The summed E-state index contributed by atoms with van der Waals surface area (Å²) < 4.78 is 0. The number of aliphatic hydroxyl groups excluding tert-OH is 1. The van der Waals surface area contributed by atoms with Crippen molar-refractivity contribution >= 4 is 23.2 Å². The van der Waals surface area contributed by atoms with Gasteiger partial charge in [-0.2, -0.15) is 0 Å². The van der Waals surface area contributed by atoms with Crippen LogP contribution in [0.4, 0.5) is 5.69 Å². The maximum atomic E-state index is 12.0. The molecule has 0 atom stereocenters. The number of halogens is 1. The Bertz CT molecular complexity index is 671. The first-order valence-corrected chi connectivity index (χ1v) is 7.33. The SMILES string of the molecule is CN(C)C(=O)c1cccc(CNc2cc(CO)ccc2Cl)c1. The van der Waals surface area contributed by atoms with Crippen molar-refractivity contribution in [2.45, 2.75) is 13.2 Å². The van der Waals surface area contributed by atoms with Crippen LogP contribution in [0, 0.1) is 0 Å². The Balaban J connectivity index is 2.12. The topological polar surface area (TPSA) is 52.6 Å². The molecule has 0 bridgehead atoms. The van der Waals surface area contributed by atoms with Gasteiger partial charge in [-0.15, -0.1) is 0 Å². The van der Waals surface area contributed by atoms with Crippen LogP contribution in [-0.4, -0.2) is 30.0 Å². The van der Waals surface area contributed by atoms with Gasteiger partial charge in [0.2, 0.25) is 0 Å². The molecule has 0 aliphatic carbocycles. The maximum Gasteiger partial charge on any atom is 0.253 e. The Hall–Kier alpha value is -2.04. The standard InChI is InChI=1S/C17H19ClN2O2/c1-20(2)17(22)14-5-3-4-12(8-14)10-19-16-9-13(11-21)6-7-15(16)18/h3-9,19,21H,10-11H2,1-2H3. The van der Waals surface area contributed by atoms with Crippen molar-refractivity contribution in [1.82, 2.24) is 4.90 Å². The fourth-order valence-corrected chi connectivity index (χ4v) is 2.26. The quantitative estimate of drug-likeness (QED) is 0.890. The Morgan fingerprint density at radius 1 is 1.18 bits per heavy atom. The molecule has 0 aliphatic rings. The van der Waals surface area contributed by atoms with Crippen molar-refractivity contribution in [3.63, 3.8) is 0 Å². The number of nitrogens with one attached hydrogen (secondary N) is 1. The van der Waals surface area contributed by atoms with Crippen LogP contribution >= 0.6 is 11.6 Å². The fraction of sp³-hybridized carbons (Fsp3) is 0.235. The highest BCUT2D eigenvalue weighted by Gasteiger charge is 2.08. The summed E-state index contributed by atoms with van der Waals surface area (Å²) in [5.74, 6) is -0.0258. The minimum Gasteiger partial charge on any atom is -0.392 e. The van der Waals surface area contributed by atoms with Gasteiger partial charge in [0.15, 0.2) is 0 Å². The first-order valence-electron chi connectivity index (χ1n) is 6.95. The van der Waals surface area contributed by atoms with E-state index in [1.807, 2.05) is 24.3 Å². The highest BCUT2D eigenvalue weighted by atomic mass is 35.5. The first kappa shape index (κ1) is 16.3. The molecule has 0 fully saturated rings. The van der Waals surface area contributed by atoms with Crippen molar-refractivity contribution < 1.29 is 9.90 Å². The van der Waals surface area contributed by atoms with Gasteiger partial charge in [0.05, 0.1) is 17.3 Å². The van der Waals surface area contributed by atoms with Crippen molar-refractivity contribution in [1.29, 1.82) is 0 Å². The third-order valence-electron chi connectivity index (χ3n) is 3.28. The molecule has 0 saturated carbocycles. The Kier molecular flexibility index (Phi) is 5.41. The minimum atomic E-state index is -0.0291. The number of amides is 1. The van der Waals surface area contributed by atoms with E-state index in [4.69, 9.17) is 11.6 Å². The summed E-state index contributed by atoms with van der Waals surface area (Å²) in [7, 11) is 3.46. The van der Waals surface area contributed by atoms with E-state index in [2.05, 4.69) is 5.32 Å². The average molecular weight is 319 g/mol. The second kappa shape index (κ2) is 7.29. The second-order valence-electron chi connectivity index (χ2n) is 5.23. The van der Waals surface area contributed by atoms with E-state index in [0.717, 1.165) is 16.8 Å². The van der Waals surface area contributed by atoms with Crippen molar-refractivity contribution in [3.05, 3.63) is 64.2 Å². The molecule has 0 aliphatic heterocycles. The summed E-state index contributed by atoms with van der Waals surface area (Å²) in [6, 6.07) is 12.8. The Morgan fingerprint density at radius 3 is 2.64 bits per heavy atom. The number of hydrogen-bond acceptors (Lipinski definition) is 3. The Labute approximate surface area is 135 Å². The summed E-state index contributed by atoms with van der Waals surface area (Å²) in [6.07, 6.45) is 0. The summed E-state index contributed by atoms with van der Waals surface area (Å²) in [6.45, 7) is 0.516. The van der Waals surface area contributed by atoms with Crippen LogP contribution < -0.4 is 5.32 Å². The lowest BCUT2D eigenvalue weighted by molar-refractivity contribution is 0.0827. The summed E-state index contributed by atoms with van der Waals surface area (Å²) in [5, 5.41) is 13.0. The van der Waals surface area contributed by atoms with E-state index < -0.39 is 0 Å². The lowest BCUT2D eigenvalue weighted by atomic mass is 10.1. The molecule has 2 aromatic rings. The summed E-state index contributed by atoms with van der Waals surface area (Å²) in [5.41, 5.74) is 3.19. The number of rotatable bonds is 5.